The molecule has 21 heavy (non-hydrogen) atoms. The minimum absolute atomic E-state index is 0.0925. The number of likely N-dealkylation sites (N-methyl/N-ethyl adjacent to an activating group) is 1. The first-order chi connectivity index (χ1) is 9.98. The SMILES string of the molecule is CC1CCCC(CNc2ncnc(Cl)c2C=O)(N(C)C)C1. The first-order valence-electron chi connectivity index (χ1n) is 7.35. The van der Waals surface area contributed by atoms with Crippen LogP contribution in [0.4, 0.5) is 5.82 Å². The van der Waals surface area contributed by atoms with Crippen LogP contribution in [0.3, 0.4) is 0 Å². The van der Waals surface area contributed by atoms with Gasteiger partial charge >= 0.3 is 0 Å². The molecular weight excluding hydrogens is 288 g/mol. The topological polar surface area (TPSA) is 58.1 Å². The standard InChI is InChI=1S/C15H23ClN4O/c1-11-5-4-6-15(7-11,20(2)3)9-17-14-12(8-21)13(16)18-10-19-14/h8,10-11H,4-7,9H2,1-3H3,(H,17,18,19). The Balaban J connectivity index is 2.16. The lowest BCUT2D eigenvalue weighted by atomic mass is 9.75. The van der Waals surface area contributed by atoms with Crippen molar-refractivity contribution in [2.75, 3.05) is 26.0 Å². The normalized spacial score (nSPS) is 25.9. The third kappa shape index (κ3) is 3.52. The van der Waals surface area contributed by atoms with Crippen LogP contribution in [0.2, 0.25) is 5.15 Å². The molecule has 116 valence electrons. The van der Waals surface area contributed by atoms with Crippen LogP contribution in [0.15, 0.2) is 6.33 Å². The van der Waals surface area contributed by atoms with Gasteiger partial charge in [0.1, 0.15) is 17.3 Å². The Morgan fingerprint density at radius 3 is 2.90 bits per heavy atom. The first-order valence-corrected chi connectivity index (χ1v) is 7.73. The summed E-state index contributed by atoms with van der Waals surface area (Å²) in [6.45, 7) is 3.05. The molecule has 1 fully saturated rings. The number of hydrogen-bond donors (Lipinski definition) is 1. The summed E-state index contributed by atoms with van der Waals surface area (Å²) < 4.78 is 0. The molecule has 1 aliphatic rings. The van der Waals surface area contributed by atoms with Gasteiger partial charge in [-0.2, -0.15) is 0 Å². The number of nitrogens with zero attached hydrogens (tertiary/aromatic N) is 3. The highest BCUT2D eigenvalue weighted by molar-refractivity contribution is 6.32. The zero-order valence-corrected chi connectivity index (χ0v) is 13.7. The average Bonchev–Trinajstić information content (AvgIpc) is 2.45. The van der Waals surface area contributed by atoms with Crippen LogP contribution in [0, 0.1) is 5.92 Å². The Morgan fingerprint density at radius 1 is 1.52 bits per heavy atom. The maximum Gasteiger partial charge on any atom is 0.156 e. The molecule has 1 aromatic rings. The molecule has 0 bridgehead atoms. The molecule has 1 aliphatic carbocycles. The van der Waals surface area contributed by atoms with Gasteiger partial charge in [0, 0.05) is 12.1 Å². The van der Waals surface area contributed by atoms with Gasteiger partial charge in [-0.15, -0.1) is 0 Å². The van der Waals surface area contributed by atoms with Crippen molar-refractivity contribution >= 4 is 23.7 Å². The van der Waals surface area contributed by atoms with Crippen molar-refractivity contribution in [1.29, 1.82) is 0 Å². The van der Waals surface area contributed by atoms with Crippen LogP contribution in [0.5, 0.6) is 0 Å². The largest absolute Gasteiger partial charge is 0.367 e. The molecule has 6 heteroatoms. The molecule has 0 spiro atoms. The first kappa shape index (κ1) is 16.2. The second-order valence-corrected chi connectivity index (χ2v) is 6.58. The molecule has 0 aromatic carbocycles. The van der Waals surface area contributed by atoms with Crippen molar-refractivity contribution in [3.8, 4) is 0 Å². The minimum atomic E-state index is 0.0925. The van der Waals surface area contributed by atoms with E-state index in [0.29, 0.717) is 23.6 Å². The predicted octanol–water partition coefficient (Wildman–Crippen LogP) is 2.86. The average molecular weight is 311 g/mol. The van der Waals surface area contributed by atoms with Crippen LogP contribution >= 0.6 is 11.6 Å². The lowest BCUT2D eigenvalue weighted by molar-refractivity contribution is 0.0881. The van der Waals surface area contributed by atoms with E-state index in [4.69, 9.17) is 11.6 Å². The second kappa shape index (κ2) is 6.71. The van der Waals surface area contributed by atoms with Crippen LogP contribution in [-0.4, -0.2) is 47.3 Å². The van der Waals surface area contributed by atoms with E-state index < -0.39 is 0 Å². The van der Waals surface area contributed by atoms with Crippen molar-refractivity contribution in [3.63, 3.8) is 0 Å². The van der Waals surface area contributed by atoms with Gasteiger partial charge in [0.15, 0.2) is 6.29 Å². The fourth-order valence-electron chi connectivity index (χ4n) is 3.22. The Bertz CT molecular complexity index is 508. The zero-order chi connectivity index (χ0) is 15.5. The third-order valence-corrected chi connectivity index (χ3v) is 4.86. The number of anilines is 1. The molecule has 0 amide bonds. The maximum absolute atomic E-state index is 11.2. The van der Waals surface area contributed by atoms with E-state index in [0.717, 1.165) is 19.4 Å². The molecule has 0 aliphatic heterocycles. The molecular formula is C15H23ClN4O. The molecule has 5 nitrogen and oxygen atoms in total. The molecule has 1 N–H and O–H groups in total. The molecule has 1 heterocycles. The van der Waals surface area contributed by atoms with Crippen molar-refractivity contribution in [2.45, 2.75) is 38.1 Å². The third-order valence-electron chi connectivity index (χ3n) is 4.55. The summed E-state index contributed by atoms with van der Waals surface area (Å²) in [5, 5.41) is 3.50. The van der Waals surface area contributed by atoms with Gasteiger partial charge in [-0.3, -0.25) is 4.79 Å². The molecule has 0 radical (unpaired) electrons. The van der Waals surface area contributed by atoms with E-state index in [-0.39, 0.29) is 10.7 Å². The van der Waals surface area contributed by atoms with Crippen molar-refractivity contribution < 1.29 is 4.79 Å². The summed E-state index contributed by atoms with van der Waals surface area (Å²) in [5.74, 6) is 1.23. The summed E-state index contributed by atoms with van der Waals surface area (Å²) in [5.41, 5.74) is 0.423. The Hall–Kier alpha value is -1.20. The number of carbonyl (C=O) groups excluding carboxylic acids is 1. The van der Waals surface area contributed by atoms with Gasteiger partial charge in [0.25, 0.3) is 0 Å². The van der Waals surface area contributed by atoms with Crippen LogP contribution in [0.1, 0.15) is 43.0 Å². The highest BCUT2D eigenvalue weighted by Crippen LogP contribution is 2.36. The number of hydrogen-bond acceptors (Lipinski definition) is 5. The number of halogens is 1. The van der Waals surface area contributed by atoms with E-state index in [1.54, 1.807) is 0 Å². The number of nitrogens with one attached hydrogen (secondary N) is 1. The van der Waals surface area contributed by atoms with Gasteiger partial charge in [-0.05, 0) is 32.9 Å². The summed E-state index contributed by atoms with van der Waals surface area (Å²) >= 11 is 5.94. The van der Waals surface area contributed by atoms with Crippen LogP contribution in [0.25, 0.3) is 0 Å². The predicted molar refractivity (Wildman–Crippen MR) is 85.0 cm³/mol. The Morgan fingerprint density at radius 2 is 2.29 bits per heavy atom. The van der Waals surface area contributed by atoms with Gasteiger partial charge < -0.3 is 10.2 Å². The van der Waals surface area contributed by atoms with Crippen molar-refractivity contribution in [2.24, 2.45) is 5.92 Å². The molecule has 1 aromatic heterocycles. The zero-order valence-electron chi connectivity index (χ0n) is 12.9. The Kier molecular flexibility index (Phi) is 5.17. The van der Waals surface area contributed by atoms with E-state index >= 15 is 0 Å². The van der Waals surface area contributed by atoms with Crippen molar-refractivity contribution in [1.82, 2.24) is 14.9 Å². The van der Waals surface area contributed by atoms with Crippen molar-refractivity contribution in [3.05, 3.63) is 17.0 Å². The molecule has 0 saturated heterocycles. The Labute approximate surface area is 131 Å². The van der Waals surface area contributed by atoms with E-state index in [2.05, 4.69) is 41.2 Å². The second-order valence-electron chi connectivity index (χ2n) is 6.22. The van der Waals surface area contributed by atoms with Crippen LogP contribution < -0.4 is 5.32 Å². The monoisotopic (exact) mass is 310 g/mol. The van der Waals surface area contributed by atoms with E-state index in [1.165, 1.54) is 19.2 Å². The van der Waals surface area contributed by atoms with Crippen LogP contribution in [-0.2, 0) is 0 Å². The number of aldehydes is 1. The minimum Gasteiger partial charge on any atom is -0.367 e. The van der Waals surface area contributed by atoms with Gasteiger partial charge in [0.2, 0.25) is 0 Å². The molecule has 2 rings (SSSR count). The van der Waals surface area contributed by atoms with Gasteiger partial charge in [-0.1, -0.05) is 31.4 Å². The molecule has 2 atom stereocenters. The highest BCUT2D eigenvalue weighted by Gasteiger charge is 2.37. The fourth-order valence-corrected chi connectivity index (χ4v) is 3.40. The lowest BCUT2D eigenvalue weighted by Gasteiger charge is -2.45. The highest BCUT2D eigenvalue weighted by atomic mass is 35.5. The quantitative estimate of drug-likeness (QED) is 0.669. The van der Waals surface area contributed by atoms with E-state index in [9.17, 15) is 4.79 Å². The van der Waals surface area contributed by atoms with E-state index in [1.807, 2.05) is 0 Å². The maximum atomic E-state index is 11.2. The smallest absolute Gasteiger partial charge is 0.156 e. The molecule has 2 unspecified atom stereocenters. The number of carbonyl (C=O) groups is 1. The fraction of sp³-hybridized carbons (Fsp3) is 0.667. The number of aromatic nitrogens is 2. The molecule has 1 saturated carbocycles. The van der Waals surface area contributed by atoms with Gasteiger partial charge in [0.05, 0.1) is 5.56 Å². The van der Waals surface area contributed by atoms with Gasteiger partial charge in [-0.25, -0.2) is 9.97 Å². The number of rotatable bonds is 5. The summed E-state index contributed by atoms with van der Waals surface area (Å²) in [6.07, 6.45) is 6.88. The summed E-state index contributed by atoms with van der Waals surface area (Å²) in [4.78, 5) is 21.4. The lowest BCUT2D eigenvalue weighted by Crippen LogP contribution is -2.52. The summed E-state index contributed by atoms with van der Waals surface area (Å²) in [7, 11) is 4.24. The summed E-state index contributed by atoms with van der Waals surface area (Å²) in [6, 6.07) is 0.